The summed E-state index contributed by atoms with van der Waals surface area (Å²) in [5, 5.41) is 24.1. The van der Waals surface area contributed by atoms with Crippen LogP contribution in [0.5, 0.6) is 5.75 Å². The summed E-state index contributed by atoms with van der Waals surface area (Å²) >= 11 is 0. The molecule has 0 amide bonds. The zero-order valence-electron chi connectivity index (χ0n) is 12.2. The minimum absolute atomic E-state index is 0.0674. The second kappa shape index (κ2) is 9.98. The molecule has 1 aromatic rings. The second-order valence-corrected chi connectivity index (χ2v) is 4.51. The summed E-state index contributed by atoms with van der Waals surface area (Å²) in [6.07, 6.45) is 0.206. The highest BCUT2D eigenvalue weighted by Crippen LogP contribution is 2.11. The molecule has 0 aliphatic rings. The van der Waals surface area contributed by atoms with Gasteiger partial charge in [0.05, 0.1) is 12.7 Å². The molecular weight excluding hydrogens is 274 g/mol. The molecule has 0 saturated carbocycles. The van der Waals surface area contributed by atoms with Crippen LogP contribution < -0.4 is 15.8 Å². The maximum absolute atomic E-state index is 9.44. The van der Waals surface area contributed by atoms with E-state index in [1.165, 1.54) is 0 Å². The largest absolute Gasteiger partial charge is 0.492 e. The molecule has 118 valence electrons. The number of benzene rings is 1. The Kier molecular flexibility index (Phi) is 8.18. The molecule has 7 nitrogen and oxygen atoms in total. The first-order chi connectivity index (χ1) is 10.2. The van der Waals surface area contributed by atoms with E-state index in [9.17, 15) is 5.11 Å². The molecule has 0 aliphatic heterocycles. The average Bonchev–Trinajstić information content (AvgIpc) is 2.51. The van der Waals surface area contributed by atoms with E-state index in [4.69, 9.17) is 20.4 Å². The Bertz CT molecular complexity index is 423. The summed E-state index contributed by atoms with van der Waals surface area (Å²) in [6.45, 7) is 2.26. The van der Waals surface area contributed by atoms with Crippen molar-refractivity contribution < 1.29 is 19.8 Å². The van der Waals surface area contributed by atoms with Gasteiger partial charge in [-0.05, 0) is 37.2 Å². The van der Waals surface area contributed by atoms with Crippen LogP contribution in [0.15, 0.2) is 29.4 Å². The molecule has 0 aliphatic carbocycles. The molecule has 21 heavy (non-hydrogen) atoms. The van der Waals surface area contributed by atoms with Crippen LogP contribution in [0.4, 0.5) is 0 Å². The highest BCUT2D eigenvalue weighted by Gasteiger charge is 2.02. The third-order valence-electron chi connectivity index (χ3n) is 2.82. The third kappa shape index (κ3) is 6.94. The molecule has 7 heteroatoms. The first-order valence-electron chi connectivity index (χ1n) is 6.76. The van der Waals surface area contributed by atoms with E-state index in [0.29, 0.717) is 44.0 Å². The van der Waals surface area contributed by atoms with Crippen molar-refractivity contribution in [2.24, 2.45) is 10.9 Å². The summed E-state index contributed by atoms with van der Waals surface area (Å²) in [7, 11) is 1.57. The molecule has 5 N–H and O–H groups in total. The van der Waals surface area contributed by atoms with Crippen LogP contribution in [-0.2, 0) is 4.74 Å². The fourth-order valence-corrected chi connectivity index (χ4v) is 1.69. The number of hydrogen-bond donors (Lipinski definition) is 4. The summed E-state index contributed by atoms with van der Waals surface area (Å²) in [4.78, 5) is 0. The number of amidine groups is 1. The number of ether oxygens (including phenoxy) is 2. The zero-order valence-corrected chi connectivity index (χ0v) is 12.2. The Hall–Kier alpha value is -1.83. The van der Waals surface area contributed by atoms with E-state index < -0.39 is 6.10 Å². The van der Waals surface area contributed by atoms with E-state index in [1.54, 1.807) is 31.4 Å². The summed E-state index contributed by atoms with van der Waals surface area (Å²) in [5.41, 5.74) is 6.10. The molecule has 1 aromatic carbocycles. The molecule has 0 aromatic heterocycles. The van der Waals surface area contributed by atoms with Crippen molar-refractivity contribution in [3.63, 3.8) is 0 Å². The number of nitrogens with one attached hydrogen (secondary N) is 1. The Balaban J connectivity index is 2.15. The van der Waals surface area contributed by atoms with Crippen LogP contribution in [0.2, 0.25) is 0 Å². The monoisotopic (exact) mass is 297 g/mol. The number of methoxy groups -OCH3 is 1. The van der Waals surface area contributed by atoms with E-state index in [-0.39, 0.29) is 5.84 Å². The standard InChI is InChI=1S/C14H23N3O4/c1-20-10-12(18)6-7-16-8-9-21-13-4-2-11(3-5-13)14(15)17-19/h2-5,12,16,18-19H,6-10H2,1H3,(H2,15,17). The number of rotatable bonds is 10. The van der Waals surface area contributed by atoms with Crippen LogP contribution in [0.25, 0.3) is 0 Å². The van der Waals surface area contributed by atoms with E-state index in [2.05, 4.69) is 10.5 Å². The molecule has 0 fully saturated rings. The summed E-state index contributed by atoms with van der Waals surface area (Å²) in [6, 6.07) is 6.96. The van der Waals surface area contributed by atoms with Crippen molar-refractivity contribution >= 4 is 5.84 Å². The molecular formula is C14H23N3O4. The van der Waals surface area contributed by atoms with E-state index in [1.807, 2.05) is 0 Å². The SMILES string of the molecule is COCC(O)CCNCCOc1ccc(/C(N)=N/O)cc1. The smallest absolute Gasteiger partial charge is 0.170 e. The van der Waals surface area contributed by atoms with Crippen molar-refractivity contribution in [2.45, 2.75) is 12.5 Å². The summed E-state index contributed by atoms with van der Waals surface area (Å²) < 4.78 is 10.4. The minimum atomic E-state index is -0.436. The Morgan fingerprint density at radius 3 is 2.67 bits per heavy atom. The Morgan fingerprint density at radius 1 is 1.33 bits per heavy atom. The molecule has 0 spiro atoms. The topological polar surface area (TPSA) is 109 Å². The van der Waals surface area contributed by atoms with Gasteiger partial charge in [-0.25, -0.2) is 0 Å². The first-order valence-corrected chi connectivity index (χ1v) is 6.76. The van der Waals surface area contributed by atoms with Gasteiger partial charge in [-0.2, -0.15) is 0 Å². The summed E-state index contributed by atoms with van der Waals surface area (Å²) in [5.74, 6) is 0.781. The number of nitrogens with two attached hydrogens (primary N) is 1. The molecule has 0 bridgehead atoms. The Labute approximate surface area is 124 Å². The number of oxime groups is 1. The van der Waals surface area contributed by atoms with Crippen molar-refractivity contribution in [3.8, 4) is 5.75 Å². The molecule has 0 radical (unpaired) electrons. The van der Waals surface area contributed by atoms with Gasteiger partial charge in [0.15, 0.2) is 5.84 Å². The number of aliphatic hydroxyl groups is 1. The first kappa shape index (κ1) is 17.2. The number of hydrogen-bond acceptors (Lipinski definition) is 6. The fourth-order valence-electron chi connectivity index (χ4n) is 1.69. The molecule has 1 rings (SSSR count). The highest BCUT2D eigenvalue weighted by atomic mass is 16.5. The maximum atomic E-state index is 9.44. The van der Waals surface area contributed by atoms with Gasteiger partial charge in [0.1, 0.15) is 12.4 Å². The second-order valence-electron chi connectivity index (χ2n) is 4.51. The zero-order chi connectivity index (χ0) is 15.5. The molecule has 0 heterocycles. The predicted molar refractivity (Wildman–Crippen MR) is 79.8 cm³/mol. The lowest BCUT2D eigenvalue weighted by atomic mass is 10.2. The van der Waals surface area contributed by atoms with Crippen LogP contribution in [0.1, 0.15) is 12.0 Å². The number of nitrogens with zero attached hydrogens (tertiary/aromatic N) is 1. The van der Waals surface area contributed by atoms with Crippen molar-refractivity contribution in [3.05, 3.63) is 29.8 Å². The molecule has 0 saturated heterocycles. The lowest BCUT2D eigenvalue weighted by Crippen LogP contribution is -2.26. The van der Waals surface area contributed by atoms with Crippen molar-refractivity contribution in [1.29, 1.82) is 0 Å². The van der Waals surface area contributed by atoms with E-state index >= 15 is 0 Å². The van der Waals surface area contributed by atoms with Gasteiger partial charge in [0.25, 0.3) is 0 Å². The van der Waals surface area contributed by atoms with Crippen molar-refractivity contribution in [1.82, 2.24) is 5.32 Å². The quantitative estimate of drug-likeness (QED) is 0.161. The van der Waals surface area contributed by atoms with Gasteiger partial charge in [0.2, 0.25) is 0 Å². The maximum Gasteiger partial charge on any atom is 0.170 e. The van der Waals surface area contributed by atoms with Crippen LogP contribution in [0, 0.1) is 0 Å². The van der Waals surface area contributed by atoms with Gasteiger partial charge >= 0.3 is 0 Å². The molecule has 1 unspecified atom stereocenters. The van der Waals surface area contributed by atoms with Crippen LogP contribution in [0.3, 0.4) is 0 Å². The van der Waals surface area contributed by atoms with Gasteiger partial charge < -0.3 is 30.8 Å². The average molecular weight is 297 g/mol. The minimum Gasteiger partial charge on any atom is -0.492 e. The lowest BCUT2D eigenvalue weighted by molar-refractivity contribution is 0.0593. The lowest BCUT2D eigenvalue weighted by Gasteiger charge is -2.11. The number of aliphatic hydroxyl groups excluding tert-OH is 1. The fraction of sp³-hybridized carbons (Fsp3) is 0.500. The van der Waals surface area contributed by atoms with Crippen LogP contribution in [-0.4, -0.2) is 55.7 Å². The predicted octanol–water partition coefficient (Wildman–Crippen LogP) is 0.147. The van der Waals surface area contributed by atoms with Gasteiger partial charge in [-0.15, -0.1) is 0 Å². The van der Waals surface area contributed by atoms with Gasteiger partial charge in [-0.3, -0.25) is 0 Å². The van der Waals surface area contributed by atoms with Crippen molar-refractivity contribution in [2.75, 3.05) is 33.4 Å². The highest BCUT2D eigenvalue weighted by molar-refractivity contribution is 5.97. The van der Waals surface area contributed by atoms with Gasteiger partial charge in [0, 0.05) is 19.2 Å². The molecule has 1 atom stereocenters. The van der Waals surface area contributed by atoms with Gasteiger partial charge in [-0.1, -0.05) is 5.16 Å². The van der Waals surface area contributed by atoms with Crippen LogP contribution >= 0.6 is 0 Å². The third-order valence-corrected chi connectivity index (χ3v) is 2.82. The normalized spacial score (nSPS) is 13.1. The van der Waals surface area contributed by atoms with E-state index in [0.717, 1.165) is 0 Å². The Morgan fingerprint density at radius 2 is 2.05 bits per heavy atom.